The molecule has 0 unspecified atom stereocenters. The van der Waals surface area contributed by atoms with Crippen molar-refractivity contribution in [1.82, 2.24) is 5.32 Å². The van der Waals surface area contributed by atoms with Crippen molar-refractivity contribution >= 4 is 27.5 Å². The lowest BCUT2D eigenvalue weighted by Crippen LogP contribution is -2.39. The number of rotatable bonds is 4. The van der Waals surface area contributed by atoms with Crippen molar-refractivity contribution in [1.29, 1.82) is 0 Å². The molecule has 0 bridgehead atoms. The van der Waals surface area contributed by atoms with Crippen molar-refractivity contribution in [2.45, 2.75) is 31.8 Å². The quantitative estimate of drug-likeness (QED) is 0.865. The molecule has 1 amide bonds. The molecule has 114 valence electrons. The van der Waals surface area contributed by atoms with Crippen LogP contribution >= 0.6 is 15.9 Å². The van der Waals surface area contributed by atoms with Crippen LogP contribution in [0.5, 0.6) is 0 Å². The monoisotopic (exact) mass is 358 g/mol. The molecule has 0 fully saturated rings. The van der Waals surface area contributed by atoms with E-state index < -0.39 is 0 Å². The first-order valence-corrected chi connectivity index (χ1v) is 8.33. The van der Waals surface area contributed by atoms with Gasteiger partial charge in [-0.25, -0.2) is 0 Å². The highest BCUT2D eigenvalue weighted by Gasteiger charge is 2.25. The van der Waals surface area contributed by atoms with E-state index in [1.807, 2.05) is 31.2 Å². The Hall–Kier alpha value is -1.65. The van der Waals surface area contributed by atoms with Crippen LogP contribution in [-0.4, -0.2) is 11.9 Å². The second-order valence-electron chi connectivity index (χ2n) is 5.67. The molecule has 2 aromatic carbocycles. The van der Waals surface area contributed by atoms with E-state index in [1.54, 1.807) is 0 Å². The van der Waals surface area contributed by atoms with E-state index >= 15 is 0 Å². The summed E-state index contributed by atoms with van der Waals surface area (Å²) >= 11 is 3.39. The van der Waals surface area contributed by atoms with E-state index in [9.17, 15) is 4.79 Å². The lowest BCUT2D eigenvalue weighted by atomic mass is 10.1. The third kappa shape index (κ3) is 3.39. The van der Waals surface area contributed by atoms with Crippen LogP contribution in [-0.2, 0) is 11.2 Å². The summed E-state index contributed by atoms with van der Waals surface area (Å²) in [5, 5.41) is 6.39. The highest BCUT2D eigenvalue weighted by Crippen LogP contribution is 2.31. The maximum Gasteiger partial charge on any atom is 0.241 e. The average Bonchev–Trinajstić information content (AvgIpc) is 2.93. The number of carbonyl (C=O) groups excluding carboxylic acids is 1. The molecule has 0 radical (unpaired) electrons. The summed E-state index contributed by atoms with van der Waals surface area (Å²) in [5.74, 6) is -0.00768. The third-order valence-electron chi connectivity index (χ3n) is 4.09. The first-order valence-electron chi connectivity index (χ1n) is 7.54. The summed E-state index contributed by atoms with van der Waals surface area (Å²) in [6, 6.07) is 16.1. The molecular formula is C18H19BrN2O. The Balaban J connectivity index is 1.61. The van der Waals surface area contributed by atoms with E-state index in [-0.39, 0.29) is 18.0 Å². The molecule has 22 heavy (non-hydrogen) atoms. The van der Waals surface area contributed by atoms with Gasteiger partial charge >= 0.3 is 0 Å². The number of aryl methyl sites for hydroxylation is 1. The zero-order valence-electron chi connectivity index (χ0n) is 12.5. The van der Waals surface area contributed by atoms with Crippen LogP contribution < -0.4 is 10.6 Å². The van der Waals surface area contributed by atoms with Crippen molar-refractivity contribution in [2.24, 2.45) is 0 Å². The molecule has 2 aromatic rings. The van der Waals surface area contributed by atoms with E-state index in [0.29, 0.717) is 0 Å². The fraction of sp³-hybridized carbons (Fsp3) is 0.278. The van der Waals surface area contributed by atoms with Crippen molar-refractivity contribution in [2.75, 3.05) is 5.32 Å². The number of amides is 1. The van der Waals surface area contributed by atoms with Crippen LogP contribution in [0.4, 0.5) is 5.69 Å². The Labute approximate surface area is 139 Å². The number of benzene rings is 2. The van der Waals surface area contributed by atoms with Gasteiger partial charge in [0.2, 0.25) is 5.91 Å². The Morgan fingerprint density at radius 2 is 1.91 bits per heavy atom. The molecule has 0 spiro atoms. The van der Waals surface area contributed by atoms with E-state index in [4.69, 9.17) is 0 Å². The highest BCUT2D eigenvalue weighted by atomic mass is 79.9. The van der Waals surface area contributed by atoms with Gasteiger partial charge in [-0.15, -0.1) is 0 Å². The Morgan fingerprint density at radius 3 is 2.68 bits per heavy atom. The number of halogens is 1. The summed E-state index contributed by atoms with van der Waals surface area (Å²) in [7, 11) is 0. The number of hydrogen-bond acceptors (Lipinski definition) is 2. The molecule has 4 heteroatoms. The summed E-state index contributed by atoms with van der Waals surface area (Å²) in [4.78, 5) is 12.3. The predicted molar refractivity (Wildman–Crippen MR) is 92.9 cm³/mol. The lowest BCUT2D eigenvalue weighted by Gasteiger charge is -2.20. The maximum atomic E-state index is 12.3. The van der Waals surface area contributed by atoms with Gasteiger partial charge in [0.05, 0.1) is 6.04 Å². The van der Waals surface area contributed by atoms with Crippen molar-refractivity contribution < 1.29 is 4.79 Å². The van der Waals surface area contributed by atoms with Gasteiger partial charge in [-0.05, 0) is 55.2 Å². The molecular weight excluding hydrogens is 340 g/mol. The van der Waals surface area contributed by atoms with Gasteiger partial charge in [0.25, 0.3) is 0 Å². The van der Waals surface area contributed by atoms with Crippen LogP contribution in [0.1, 0.15) is 30.5 Å². The molecule has 0 saturated carbocycles. The predicted octanol–water partition coefficient (Wildman–Crippen LogP) is 4.05. The summed E-state index contributed by atoms with van der Waals surface area (Å²) < 4.78 is 0.999. The van der Waals surface area contributed by atoms with Gasteiger partial charge in [-0.2, -0.15) is 0 Å². The molecule has 0 heterocycles. The van der Waals surface area contributed by atoms with E-state index in [0.717, 1.165) is 23.0 Å². The molecule has 1 aliphatic rings. The molecule has 3 rings (SSSR count). The fourth-order valence-corrected chi connectivity index (χ4v) is 3.16. The summed E-state index contributed by atoms with van der Waals surface area (Å²) in [6.45, 7) is 1.91. The highest BCUT2D eigenvalue weighted by molar-refractivity contribution is 9.10. The SMILES string of the molecule is C[C@H](N[C@@H]1CCc2ccccc21)C(=O)Nc1ccc(Br)cc1. The second kappa shape index (κ2) is 6.63. The fourth-order valence-electron chi connectivity index (χ4n) is 2.89. The van der Waals surface area contributed by atoms with Crippen molar-refractivity contribution in [3.05, 3.63) is 64.1 Å². The maximum absolute atomic E-state index is 12.3. The Bertz CT molecular complexity index is 669. The van der Waals surface area contributed by atoms with Crippen LogP contribution in [0.2, 0.25) is 0 Å². The minimum Gasteiger partial charge on any atom is -0.325 e. The van der Waals surface area contributed by atoms with Crippen LogP contribution in [0.3, 0.4) is 0 Å². The number of nitrogens with one attached hydrogen (secondary N) is 2. The molecule has 0 aliphatic heterocycles. The first-order chi connectivity index (χ1) is 10.6. The van der Waals surface area contributed by atoms with Gasteiger partial charge in [0.15, 0.2) is 0 Å². The normalized spacial score (nSPS) is 17.8. The van der Waals surface area contributed by atoms with Crippen molar-refractivity contribution in [3.8, 4) is 0 Å². The number of fused-ring (bicyclic) bond motifs is 1. The topological polar surface area (TPSA) is 41.1 Å². The molecule has 2 atom stereocenters. The second-order valence-corrected chi connectivity index (χ2v) is 6.59. The lowest BCUT2D eigenvalue weighted by molar-refractivity contribution is -0.118. The molecule has 0 aromatic heterocycles. The Morgan fingerprint density at radius 1 is 1.18 bits per heavy atom. The zero-order chi connectivity index (χ0) is 15.5. The van der Waals surface area contributed by atoms with E-state index in [2.05, 4.69) is 50.8 Å². The molecule has 0 saturated heterocycles. The average molecular weight is 359 g/mol. The number of carbonyl (C=O) groups is 1. The third-order valence-corrected chi connectivity index (χ3v) is 4.62. The zero-order valence-corrected chi connectivity index (χ0v) is 14.1. The molecule has 2 N–H and O–H groups in total. The minimum atomic E-state index is -0.236. The molecule has 1 aliphatic carbocycles. The van der Waals surface area contributed by atoms with Gasteiger partial charge in [0.1, 0.15) is 0 Å². The van der Waals surface area contributed by atoms with Gasteiger partial charge < -0.3 is 5.32 Å². The first kappa shape index (κ1) is 15.3. The van der Waals surface area contributed by atoms with Gasteiger partial charge in [-0.3, -0.25) is 10.1 Å². The van der Waals surface area contributed by atoms with Crippen molar-refractivity contribution in [3.63, 3.8) is 0 Å². The minimum absolute atomic E-state index is 0.00768. The summed E-state index contributed by atoms with van der Waals surface area (Å²) in [5.41, 5.74) is 3.53. The standard InChI is InChI=1S/C18H19BrN2O/c1-12(18(22)21-15-9-7-14(19)8-10-15)20-17-11-6-13-4-2-3-5-16(13)17/h2-5,7-10,12,17,20H,6,11H2,1H3,(H,21,22)/t12-,17+/m0/s1. The summed E-state index contributed by atoms with van der Waals surface area (Å²) in [6.07, 6.45) is 2.13. The van der Waals surface area contributed by atoms with Crippen LogP contribution in [0.15, 0.2) is 53.0 Å². The number of hydrogen-bond donors (Lipinski definition) is 2. The van der Waals surface area contributed by atoms with Gasteiger partial charge in [0, 0.05) is 16.2 Å². The number of anilines is 1. The van der Waals surface area contributed by atoms with Gasteiger partial charge in [-0.1, -0.05) is 40.2 Å². The largest absolute Gasteiger partial charge is 0.325 e. The van der Waals surface area contributed by atoms with Crippen LogP contribution in [0.25, 0.3) is 0 Å². The molecule has 3 nitrogen and oxygen atoms in total. The Kier molecular flexibility index (Phi) is 4.60. The van der Waals surface area contributed by atoms with E-state index in [1.165, 1.54) is 11.1 Å². The van der Waals surface area contributed by atoms with Crippen LogP contribution in [0, 0.1) is 0 Å². The smallest absolute Gasteiger partial charge is 0.241 e.